The van der Waals surface area contributed by atoms with Gasteiger partial charge in [-0.15, -0.1) is 0 Å². The molecule has 0 saturated carbocycles. The van der Waals surface area contributed by atoms with Gasteiger partial charge in [-0.2, -0.15) is 0 Å². The van der Waals surface area contributed by atoms with E-state index in [0.29, 0.717) is 18.4 Å². The van der Waals surface area contributed by atoms with Crippen molar-refractivity contribution in [2.24, 2.45) is 0 Å². The molecule has 0 heterocycles. The van der Waals surface area contributed by atoms with Crippen LogP contribution < -0.4 is 5.43 Å². The number of methoxy groups -OCH3 is 2. The second-order valence-electron chi connectivity index (χ2n) is 4.63. The van der Waals surface area contributed by atoms with Crippen molar-refractivity contribution in [1.29, 1.82) is 0 Å². The van der Waals surface area contributed by atoms with Gasteiger partial charge < -0.3 is 9.47 Å². The molecule has 1 aliphatic rings. The number of nitrogens with zero attached hydrogens (tertiary/aromatic N) is 1. The fraction of sp³-hybridized carbons (Fsp3) is 0.357. The summed E-state index contributed by atoms with van der Waals surface area (Å²) in [5.41, 5.74) is 3.64. The third-order valence-electron chi connectivity index (χ3n) is 3.43. The zero-order chi connectivity index (χ0) is 16.3. The summed E-state index contributed by atoms with van der Waals surface area (Å²) in [6.07, 6.45) is -0.725. The highest BCUT2D eigenvalue weighted by Gasteiger charge is 2.37. The Labute approximate surface area is 135 Å². The minimum atomic E-state index is -0.849. The van der Waals surface area contributed by atoms with Crippen LogP contribution in [0.4, 0.5) is 9.59 Å². The fourth-order valence-electron chi connectivity index (χ4n) is 2.37. The SMILES string of the molecule is COC(=O)NN(C(=O)OC)C1CCc2c(Br)cccc2C1=O. The molecule has 0 aliphatic heterocycles. The highest BCUT2D eigenvalue weighted by Crippen LogP contribution is 2.29. The zero-order valence-corrected chi connectivity index (χ0v) is 13.7. The predicted molar refractivity (Wildman–Crippen MR) is 80.4 cm³/mol. The van der Waals surface area contributed by atoms with Crippen molar-refractivity contribution in [1.82, 2.24) is 10.4 Å². The van der Waals surface area contributed by atoms with Crippen molar-refractivity contribution in [2.75, 3.05) is 14.2 Å². The number of carbonyl (C=O) groups is 3. The van der Waals surface area contributed by atoms with E-state index in [2.05, 4.69) is 30.8 Å². The molecule has 1 aromatic rings. The molecule has 2 rings (SSSR count). The first-order chi connectivity index (χ1) is 10.5. The van der Waals surface area contributed by atoms with Crippen LogP contribution in [0.2, 0.25) is 0 Å². The van der Waals surface area contributed by atoms with Gasteiger partial charge in [-0.05, 0) is 24.5 Å². The van der Waals surface area contributed by atoms with Crippen LogP contribution in [0.15, 0.2) is 22.7 Å². The summed E-state index contributed by atoms with van der Waals surface area (Å²) in [5.74, 6) is -0.260. The number of Topliss-reactive ketones (excluding diaryl/α,β-unsaturated/α-hetero) is 1. The average molecular weight is 371 g/mol. The van der Waals surface area contributed by atoms with Gasteiger partial charge in [0.15, 0.2) is 5.78 Å². The quantitative estimate of drug-likeness (QED) is 0.766. The van der Waals surface area contributed by atoms with Gasteiger partial charge in [-0.3, -0.25) is 4.79 Å². The van der Waals surface area contributed by atoms with Gasteiger partial charge in [-0.25, -0.2) is 20.0 Å². The van der Waals surface area contributed by atoms with Gasteiger partial charge in [0.1, 0.15) is 6.04 Å². The predicted octanol–water partition coefficient (Wildman–Crippen LogP) is 2.29. The third kappa shape index (κ3) is 3.06. The number of fused-ring (bicyclic) bond motifs is 1. The summed E-state index contributed by atoms with van der Waals surface area (Å²) in [5, 5.41) is 0.873. The second kappa shape index (κ2) is 6.78. The third-order valence-corrected chi connectivity index (χ3v) is 4.18. The van der Waals surface area contributed by atoms with E-state index < -0.39 is 18.2 Å². The molecule has 0 saturated heterocycles. The van der Waals surface area contributed by atoms with Crippen LogP contribution in [0.25, 0.3) is 0 Å². The number of hydrogen-bond donors (Lipinski definition) is 1. The lowest BCUT2D eigenvalue weighted by atomic mass is 9.87. The normalized spacial score (nSPS) is 16.5. The number of hydrazine groups is 1. The van der Waals surface area contributed by atoms with Crippen molar-refractivity contribution in [3.63, 3.8) is 0 Å². The van der Waals surface area contributed by atoms with Crippen LogP contribution in [0.3, 0.4) is 0 Å². The maximum Gasteiger partial charge on any atom is 0.429 e. The van der Waals surface area contributed by atoms with Crippen LogP contribution in [0.1, 0.15) is 22.3 Å². The molecular weight excluding hydrogens is 356 g/mol. The molecule has 7 nitrogen and oxygen atoms in total. The summed E-state index contributed by atoms with van der Waals surface area (Å²) < 4.78 is 9.95. The molecule has 1 aromatic carbocycles. The Morgan fingerprint density at radius 3 is 2.68 bits per heavy atom. The highest BCUT2D eigenvalue weighted by atomic mass is 79.9. The molecule has 0 aromatic heterocycles. The van der Waals surface area contributed by atoms with E-state index in [4.69, 9.17) is 0 Å². The topological polar surface area (TPSA) is 84.9 Å². The molecule has 1 aliphatic carbocycles. The van der Waals surface area contributed by atoms with Crippen LogP contribution in [-0.4, -0.2) is 43.2 Å². The Balaban J connectivity index is 2.32. The number of ketones is 1. The van der Waals surface area contributed by atoms with E-state index >= 15 is 0 Å². The van der Waals surface area contributed by atoms with Crippen molar-refractivity contribution >= 4 is 33.9 Å². The Morgan fingerprint density at radius 2 is 2.05 bits per heavy atom. The molecule has 0 bridgehead atoms. The zero-order valence-electron chi connectivity index (χ0n) is 12.1. The van der Waals surface area contributed by atoms with Crippen molar-refractivity contribution < 1.29 is 23.9 Å². The van der Waals surface area contributed by atoms with Gasteiger partial charge in [0.25, 0.3) is 0 Å². The number of rotatable bonds is 1. The molecule has 118 valence electrons. The molecule has 2 amide bonds. The monoisotopic (exact) mass is 370 g/mol. The Bertz CT molecular complexity index is 619. The summed E-state index contributed by atoms with van der Waals surface area (Å²) in [6, 6.07) is 4.46. The maximum atomic E-state index is 12.6. The summed E-state index contributed by atoms with van der Waals surface area (Å²) in [4.78, 5) is 35.9. The number of carbonyl (C=O) groups excluding carboxylic acids is 3. The van der Waals surface area contributed by atoms with E-state index in [-0.39, 0.29) is 5.78 Å². The number of amides is 2. The van der Waals surface area contributed by atoms with Gasteiger partial charge in [0.2, 0.25) is 0 Å². The lowest BCUT2D eigenvalue weighted by Gasteiger charge is -2.32. The van der Waals surface area contributed by atoms with E-state index in [0.717, 1.165) is 15.0 Å². The molecule has 1 N–H and O–H groups in total. The molecule has 22 heavy (non-hydrogen) atoms. The van der Waals surface area contributed by atoms with Crippen LogP contribution >= 0.6 is 15.9 Å². The Hall–Kier alpha value is -2.09. The fourth-order valence-corrected chi connectivity index (χ4v) is 2.94. The molecule has 1 atom stereocenters. The highest BCUT2D eigenvalue weighted by molar-refractivity contribution is 9.10. The Kier molecular flexibility index (Phi) is 5.02. The number of halogens is 1. The first kappa shape index (κ1) is 16.3. The number of benzene rings is 1. The summed E-state index contributed by atoms with van der Waals surface area (Å²) in [7, 11) is 2.34. The van der Waals surface area contributed by atoms with E-state index in [1.807, 2.05) is 6.07 Å². The minimum Gasteiger partial charge on any atom is -0.452 e. The Morgan fingerprint density at radius 1 is 1.32 bits per heavy atom. The molecule has 0 fully saturated rings. The molecule has 8 heteroatoms. The van der Waals surface area contributed by atoms with E-state index in [1.54, 1.807) is 12.1 Å². The van der Waals surface area contributed by atoms with Crippen molar-refractivity contribution in [3.05, 3.63) is 33.8 Å². The number of ether oxygens (including phenoxy) is 2. The standard InChI is InChI=1S/C14H15BrN2O5/c1-21-13(19)16-17(14(20)22-2)11-7-6-8-9(12(11)18)4-3-5-10(8)15/h3-5,11H,6-7H2,1-2H3,(H,16,19). The molecule has 0 spiro atoms. The molecule has 0 radical (unpaired) electrons. The molecular formula is C14H15BrN2O5. The largest absolute Gasteiger partial charge is 0.452 e. The first-order valence-electron chi connectivity index (χ1n) is 6.53. The number of nitrogens with one attached hydrogen (secondary N) is 1. The van der Waals surface area contributed by atoms with Crippen LogP contribution in [-0.2, 0) is 15.9 Å². The van der Waals surface area contributed by atoms with Gasteiger partial charge in [0, 0.05) is 10.0 Å². The second-order valence-corrected chi connectivity index (χ2v) is 5.48. The van der Waals surface area contributed by atoms with Crippen LogP contribution in [0, 0.1) is 0 Å². The maximum absolute atomic E-state index is 12.6. The lowest BCUT2D eigenvalue weighted by Crippen LogP contribution is -2.56. The summed E-state index contributed by atoms with van der Waals surface area (Å²) in [6.45, 7) is 0. The van der Waals surface area contributed by atoms with Gasteiger partial charge in [-0.1, -0.05) is 28.1 Å². The first-order valence-corrected chi connectivity index (χ1v) is 7.32. The van der Waals surface area contributed by atoms with Crippen LogP contribution in [0.5, 0.6) is 0 Å². The summed E-state index contributed by atoms with van der Waals surface area (Å²) >= 11 is 3.41. The lowest BCUT2D eigenvalue weighted by molar-refractivity contribution is 0.0539. The smallest absolute Gasteiger partial charge is 0.429 e. The van der Waals surface area contributed by atoms with Crippen molar-refractivity contribution in [3.8, 4) is 0 Å². The number of hydrogen-bond acceptors (Lipinski definition) is 5. The van der Waals surface area contributed by atoms with Crippen molar-refractivity contribution in [2.45, 2.75) is 18.9 Å². The minimum absolute atomic E-state index is 0.260. The van der Waals surface area contributed by atoms with Gasteiger partial charge in [0.05, 0.1) is 14.2 Å². The average Bonchev–Trinajstić information content (AvgIpc) is 2.53. The van der Waals surface area contributed by atoms with Gasteiger partial charge >= 0.3 is 12.2 Å². The van der Waals surface area contributed by atoms with E-state index in [1.165, 1.54) is 14.2 Å². The molecule has 1 unspecified atom stereocenters. The van der Waals surface area contributed by atoms with E-state index in [9.17, 15) is 14.4 Å².